The topological polar surface area (TPSA) is 101 Å². The second-order valence-corrected chi connectivity index (χ2v) is 11.9. The van der Waals surface area contributed by atoms with Crippen molar-refractivity contribution < 1.29 is 27.6 Å². The number of hydrogen-bond donors (Lipinski definition) is 2. The molecule has 4 aliphatic rings. The van der Waals surface area contributed by atoms with Gasteiger partial charge in [0.2, 0.25) is 6.29 Å². The number of allylic oxidation sites excluding steroid dienone is 2. The molecule has 164 valence electrons. The second kappa shape index (κ2) is 7.14. The Balaban J connectivity index is 1.61. The molecule has 0 radical (unpaired) electrons. The van der Waals surface area contributed by atoms with Gasteiger partial charge >= 0.3 is 0 Å². The van der Waals surface area contributed by atoms with E-state index in [2.05, 4.69) is 17.2 Å². The van der Waals surface area contributed by atoms with Crippen LogP contribution in [0.4, 0.5) is 0 Å². The molecule has 29 heavy (non-hydrogen) atoms. The number of rotatable bonds is 4. The maximum absolute atomic E-state index is 12.9. The van der Waals surface area contributed by atoms with E-state index in [1.165, 1.54) is 5.57 Å². The minimum absolute atomic E-state index is 0.0446. The molecular weight excluding hydrogens is 392 g/mol. The fraction of sp³-hybridized carbons (Fsp3) is 0.864. The third-order valence-electron chi connectivity index (χ3n) is 8.81. The highest BCUT2D eigenvalue weighted by Gasteiger charge is 2.63. The van der Waals surface area contributed by atoms with Crippen molar-refractivity contribution in [3.05, 3.63) is 11.6 Å². The molecule has 4 rings (SSSR count). The lowest BCUT2D eigenvalue weighted by Crippen LogP contribution is -2.57. The maximum atomic E-state index is 12.9. The second-order valence-electron chi connectivity index (χ2n) is 10.3. The van der Waals surface area contributed by atoms with Crippen molar-refractivity contribution in [1.82, 2.24) is 0 Å². The van der Waals surface area contributed by atoms with Crippen LogP contribution >= 0.6 is 0 Å². The van der Waals surface area contributed by atoms with Crippen molar-refractivity contribution in [2.45, 2.75) is 77.6 Å². The van der Waals surface area contributed by atoms with Crippen LogP contribution in [0.2, 0.25) is 0 Å². The Bertz CT molecular complexity index is 819. The number of Topliss-reactive ketones (excluding diaryl/α,β-unsaturated/α-hetero) is 1. The van der Waals surface area contributed by atoms with E-state index in [9.17, 15) is 23.4 Å². The minimum Gasteiger partial charge on any atom is -0.393 e. The fourth-order valence-corrected chi connectivity index (χ4v) is 8.16. The molecule has 0 aromatic heterocycles. The van der Waals surface area contributed by atoms with Gasteiger partial charge in [-0.25, -0.2) is 4.18 Å². The van der Waals surface area contributed by atoms with Crippen LogP contribution in [0.25, 0.3) is 0 Å². The highest BCUT2D eigenvalue weighted by atomic mass is 32.2. The van der Waals surface area contributed by atoms with Crippen LogP contribution in [0.15, 0.2) is 11.6 Å². The lowest BCUT2D eigenvalue weighted by Gasteiger charge is -2.60. The standard InChI is InChI=1S/C22H34O6S/c1-21-11-5-4-6-13(21)7-8-14-15-9-10-16(19(24)20(25)28-29(3,26)27)22(15,2)12-17(23)18(14)21/h6,14-18,20,23,25H,4-5,7-12H2,1-3H3/t14-,15-,16+,17-,18+,20?,21-,22-/m0/s1. The molecule has 2 N–H and O–H groups in total. The highest BCUT2D eigenvalue weighted by molar-refractivity contribution is 7.86. The number of carbonyl (C=O) groups excluding carboxylic acids is 1. The van der Waals surface area contributed by atoms with Crippen LogP contribution in [0, 0.1) is 34.5 Å². The van der Waals surface area contributed by atoms with Crippen molar-refractivity contribution in [1.29, 1.82) is 0 Å². The molecule has 3 fully saturated rings. The van der Waals surface area contributed by atoms with Gasteiger partial charge in [0.25, 0.3) is 10.1 Å². The molecular formula is C22H34O6S. The predicted octanol–water partition coefficient (Wildman–Crippen LogP) is 2.79. The lowest BCUT2D eigenvalue weighted by molar-refractivity contribution is -0.159. The number of aliphatic hydroxyl groups excluding tert-OH is 2. The molecule has 0 aliphatic heterocycles. The maximum Gasteiger partial charge on any atom is 0.267 e. The van der Waals surface area contributed by atoms with Gasteiger partial charge in [0.15, 0.2) is 5.78 Å². The molecule has 7 heteroatoms. The minimum atomic E-state index is -3.92. The summed E-state index contributed by atoms with van der Waals surface area (Å²) >= 11 is 0. The van der Waals surface area contributed by atoms with Crippen LogP contribution in [0.5, 0.6) is 0 Å². The SMILES string of the molecule is C[C@]12C[C@H](O)[C@H]3[C@@H](CCC4=CCCC[C@@]43C)[C@@H]1CC[C@@H]2C(=O)C(O)OS(C)(=O)=O. The first-order valence-electron chi connectivity index (χ1n) is 10.9. The zero-order valence-electron chi connectivity index (χ0n) is 17.6. The summed E-state index contributed by atoms with van der Waals surface area (Å²) in [6.45, 7) is 4.37. The zero-order chi connectivity index (χ0) is 21.2. The Morgan fingerprint density at radius 1 is 1.28 bits per heavy atom. The molecule has 0 heterocycles. The van der Waals surface area contributed by atoms with Crippen LogP contribution in [0.3, 0.4) is 0 Å². The number of fused-ring (bicyclic) bond motifs is 5. The lowest BCUT2D eigenvalue weighted by atomic mass is 9.46. The van der Waals surface area contributed by atoms with E-state index in [1.54, 1.807) is 0 Å². The normalized spacial score (nSPS) is 45.6. The Morgan fingerprint density at radius 2 is 2.00 bits per heavy atom. The van der Waals surface area contributed by atoms with Crippen molar-refractivity contribution in [3.63, 3.8) is 0 Å². The van der Waals surface area contributed by atoms with Crippen LogP contribution < -0.4 is 0 Å². The van der Waals surface area contributed by atoms with Gasteiger partial charge in [-0.2, -0.15) is 8.42 Å². The van der Waals surface area contributed by atoms with E-state index in [0.29, 0.717) is 24.7 Å². The molecule has 8 atom stereocenters. The van der Waals surface area contributed by atoms with Crippen molar-refractivity contribution in [2.75, 3.05) is 6.26 Å². The summed E-state index contributed by atoms with van der Waals surface area (Å²) in [5.41, 5.74) is 1.12. The van der Waals surface area contributed by atoms with E-state index < -0.39 is 39.6 Å². The Labute approximate surface area is 173 Å². The predicted molar refractivity (Wildman–Crippen MR) is 108 cm³/mol. The third kappa shape index (κ3) is 3.42. The summed E-state index contributed by atoms with van der Waals surface area (Å²) in [5.74, 6) is -0.181. The fourth-order valence-electron chi connectivity index (χ4n) is 7.73. The molecule has 0 spiro atoms. The molecule has 0 bridgehead atoms. The van der Waals surface area contributed by atoms with Gasteiger partial charge in [-0.3, -0.25) is 4.79 Å². The van der Waals surface area contributed by atoms with Gasteiger partial charge in [-0.15, -0.1) is 0 Å². The Hall–Kier alpha value is -0.760. The summed E-state index contributed by atoms with van der Waals surface area (Å²) in [4.78, 5) is 12.9. The largest absolute Gasteiger partial charge is 0.393 e. The number of aliphatic hydroxyl groups is 2. The van der Waals surface area contributed by atoms with E-state index in [1.807, 2.05) is 6.92 Å². The first kappa shape index (κ1) is 21.5. The Morgan fingerprint density at radius 3 is 2.69 bits per heavy atom. The number of hydrogen-bond acceptors (Lipinski definition) is 6. The molecule has 0 aromatic rings. The molecule has 6 nitrogen and oxygen atoms in total. The zero-order valence-corrected chi connectivity index (χ0v) is 18.5. The molecule has 0 saturated heterocycles. The van der Waals surface area contributed by atoms with E-state index >= 15 is 0 Å². The van der Waals surface area contributed by atoms with Crippen LogP contribution in [-0.2, 0) is 19.1 Å². The average Bonchev–Trinajstić information content (AvgIpc) is 2.95. The van der Waals surface area contributed by atoms with Crippen molar-refractivity contribution >= 4 is 15.9 Å². The average molecular weight is 427 g/mol. The molecule has 3 saturated carbocycles. The first-order chi connectivity index (χ1) is 13.5. The molecule has 4 aliphatic carbocycles. The molecule has 0 aromatic carbocycles. The van der Waals surface area contributed by atoms with Crippen molar-refractivity contribution in [2.24, 2.45) is 34.5 Å². The Kier molecular flexibility index (Phi) is 5.29. The quantitative estimate of drug-likeness (QED) is 0.407. The van der Waals surface area contributed by atoms with Gasteiger partial charge in [0.1, 0.15) is 0 Å². The molecule has 1 unspecified atom stereocenters. The van der Waals surface area contributed by atoms with Gasteiger partial charge < -0.3 is 10.2 Å². The van der Waals surface area contributed by atoms with Crippen molar-refractivity contribution in [3.8, 4) is 0 Å². The first-order valence-corrected chi connectivity index (χ1v) is 12.8. The van der Waals surface area contributed by atoms with Gasteiger partial charge in [-0.1, -0.05) is 25.5 Å². The van der Waals surface area contributed by atoms with Gasteiger partial charge in [0, 0.05) is 5.92 Å². The third-order valence-corrected chi connectivity index (χ3v) is 9.34. The van der Waals surface area contributed by atoms with E-state index in [4.69, 9.17) is 0 Å². The monoisotopic (exact) mass is 426 g/mol. The van der Waals surface area contributed by atoms with Gasteiger partial charge in [-0.05, 0) is 80.0 Å². The summed E-state index contributed by atoms with van der Waals surface area (Å²) in [6, 6.07) is 0. The summed E-state index contributed by atoms with van der Waals surface area (Å²) < 4.78 is 27.3. The van der Waals surface area contributed by atoms with Crippen LogP contribution in [0.1, 0.15) is 65.2 Å². The highest BCUT2D eigenvalue weighted by Crippen LogP contribution is 2.66. The van der Waals surface area contributed by atoms with Crippen LogP contribution in [-0.4, -0.2) is 43.1 Å². The summed E-state index contributed by atoms with van der Waals surface area (Å²) in [6.07, 6.45) is 8.28. The van der Waals surface area contributed by atoms with Gasteiger partial charge in [0.05, 0.1) is 12.4 Å². The molecule has 0 amide bonds. The summed E-state index contributed by atoms with van der Waals surface area (Å²) in [5, 5.41) is 21.4. The smallest absolute Gasteiger partial charge is 0.267 e. The summed E-state index contributed by atoms with van der Waals surface area (Å²) in [7, 11) is -3.92. The number of ketones is 1. The van der Waals surface area contributed by atoms with E-state index in [-0.39, 0.29) is 11.3 Å². The number of carbonyl (C=O) groups is 1. The van der Waals surface area contributed by atoms with E-state index in [0.717, 1.165) is 44.8 Å².